The SMILES string of the molecule is Cc1ccc(C)c(NC(=O)COc2ccc(/C=C3/C(=O)NC(=O)N(c4ccc(C)c(C)c4)C3=O)cc2Cl)c1. The van der Waals surface area contributed by atoms with Crippen LogP contribution in [0, 0.1) is 27.7 Å². The van der Waals surface area contributed by atoms with E-state index < -0.39 is 17.8 Å². The van der Waals surface area contributed by atoms with Crippen LogP contribution in [0.4, 0.5) is 16.2 Å². The summed E-state index contributed by atoms with van der Waals surface area (Å²) in [5.74, 6) is -1.64. The van der Waals surface area contributed by atoms with Crippen LogP contribution in [0.25, 0.3) is 6.08 Å². The molecular formula is C29H26ClN3O5. The first-order valence-corrected chi connectivity index (χ1v) is 12.2. The highest BCUT2D eigenvalue weighted by Gasteiger charge is 2.36. The number of anilines is 2. The van der Waals surface area contributed by atoms with E-state index in [1.165, 1.54) is 18.2 Å². The number of benzene rings is 3. The van der Waals surface area contributed by atoms with Gasteiger partial charge in [-0.25, -0.2) is 9.69 Å². The Bertz CT molecular complexity index is 1510. The van der Waals surface area contributed by atoms with Crippen LogP contribution in [-0.4, -0.2) is 30.4 Å². The number of carbonyl (C=O) groups excluding carboxylic acids is 4. The molecule has 0 aliphatic carbocycles. The van der Waals surface area contributed by atoms with Crippen molar-refractivity contribution in [3.05, 3.63) is 93.0 Å². The summed E-state index contributed by atoms with van der Waals surface area (Å²) < 4.78 is 5.57. The van der Waals surface area contributed by atoms with Gasteiger partial charge in [-0.15, -0.1) is 0 Å². The summed E-state index contributed by atoms with van der Waals surface area (Å²) in [6.45, 7) is 7.36. The number of imide groups is 2. The normalized spacial score (nSPS) is 14.5. The number of nitrogens with zero attached hydrogens (tertiary/aromatic N) is 1. The number of hydrogen-bond acceptors (Lipinski definition) is 5. The Morgan fingerprint density at radius 3 is 2.39 bits per heavy atom. The predicted molar refractivity (Wildman–Crippen MR) is 146 cm³/mol. The first-order valence-electron chi connectivity index (χ1n) is 11.8. The number of halogens is 1. The predicted octanol–water partition coefficient (Wildman–Crippen LogP) is 5.26. The van der Waals surface area contributed by atoms with Gasteiger partial charge in [0.1, 0.15) is 11.3 Å². The van der Waals surface area contributed by atoms with Crippen molar-refractivity contribution in [2.45, 2.75) is 27.7 Å². The minimum absolute atomic E-state index is 0.185. The van der Waals surface area contributed by atoms with Crippen molar-refractivity contribution in [3.63, 3.8) is 0 Å². The van der Waals surface area contributed by atoms with Gasteiger partial charge in [-0.3, -0.25) is 19.7 Å². The number of nitrogens with one attached hydrogen (secondary N) is 2. The van der Waals surface area contributed by atoms with E-state index in [1.807, 2.05) is 45.9 Å². The van der Waals surface area contributed by atoms with E-state index in [0.717, 1.165) is 27.2 Å². The Hall–Kier alpha value is -4.43. The number of rotatable bonds is 6. The molecule has 1 aliphatic heterocycles. The largest absolute Gasteiger partial charge is 0.482 e. The van der Waals surface area contributed by atoms with E-state index in [-0.39, 0.29) is 28.9 Å². The maximum atomic E-state index is 13.1. The molecule has 0 aromatic heterocycles. The number of carbonyl (C=O) groups is 4. The molecule has 4 rings (SSSR count). The average molecular weight is 532 g/mol. The van der Waals surface area contributed by atoms with Gasteiger partial charge >= 0.3 is 6.03 Å². The van der Waals surface area contributed by atoms with Gasteiger partial charge in [-0.05, 0) is 91.9 Å². The van der Waals surface area contributed by atoms with Gasteiger partial charge in [0, 0.05) is 5.69 Å². The third kappa shape index (κ3) is 5.76. The summed E-state index contributed by atoms with van der Waals surface area (Å²) in [5.41, 5.74) is 5.13. The topological polar surface area (TPSA) is 105 Å². The molecule has 0 atom stereocenters. The number of hydrogen-bond donors (Lipinski definition) is 2. The maximum Gasteiger partial charge on any atom is 0.335 e. The molecule has 1 aliphatic rings. The Morgan fingerprint density at radius 1 is 0.947 bits per heavy atom. The van der Waals surface area contributed by atoms with Crippen molar-refractivity contribution in [2.75, 3.05) is 16.8 Å². The summed E-state index contributed by atoms with van der Waals surface area (Å²) in [4.78, 5) is 51.4. The van der Waals surface area contributed by atoms with Gasteiger partial charge in [0.05, 0.1) is 10.7 Å². The molecule has 9 heteroatoms. The fraction of sp³-hybridized carbons (Fsp3) is 0.172. The summed E-state index contributed by atoms with van der Waals surface area (Å²) >= 11 is 6.35. The lowest BCUT2D eigenvalue weighted by Crippen LogP contribution is -2.54. The molecule has 3 aromatic carbocycles. The van der Waals surface area contributed by atoms with E-state index in [4.69, 9.17) is 16.3 Å². The summed E-state index contributed by atoms with van der Waals surface area (Å²) in [6, 6.07) is 14.7. The van der Waals surface area contributed by atoms with Crippen molar-refractivity contribution in [2.24, 2.45) is 0 Å². The summed E-state index contributed by atoms with van der Waals surface area (Å²) in [6.07, 6.45) is 1.35. The van der Waals surface area contributed by atoms with Crippen LogP contribution in [0.2, 0.25) is 5.02 Å². The second kappa shape index (κ2) is 10.9. The smallest absolute Gasteiger partial charge is 0.335 e. The molecule has 1 heterocycles. The number of urea groups is 1. The minimum Gasteiger partial charge on any atom is -0.482 e. The van der Waals surface area contributed by atoms with Crippen LogP contribution in [0.3, 0.4) is 0 Å². The molecule has 1 fully saturated rings. The molecule has 2 N–H and O–H groups in total. The number of barbiturate groups is 1. The van der Waals surface area contributed by atoms with Crippen molar-refractivity contribution < 1.29 is 23.9 Å². The van der Waals surface area contributed by atoms with Crippen LogP contribution in [0.15, 0.2) is 60.2 Å². The van der Waals surface area contributed by atoms with Crippen LogP contribution in [0.5, 0.6) is 5.75 Å². The van der Waals surface area contributed by atoms with Gasteiger partial charge in [0.25, 0.3) is 17.7 Å². The van der Waals surface area contributed by atoms with Crippen LogP contribution >= 0.6 is 11.6 Å². The number of amides is 5. The molecule has 0 spiro atoms. The molecule has 194 valence electrons. The van der Waals surface area contributed by atoms with Gasteiger partial charge in [0.2, 0.25) is 0 Å². The lowest BCUT2D eigenvalue weighted by Gasteiger charge is -2.26. The van der Waals surface area contributed by atoms with E-state index in [1.54, 1.807) is 24.3 Å². The third-order valence-corrected chi connectivity index (χ3v) is 6.44. The number of aryl methyl sites for hydroxylation is 4. The van der Waals surface area contributed by atoms with Gasteiger partial charge in [0.15, 0.2) is 6.61 Å². The van der Waals surface area contributed by atoms with E-state index in [2.05, 4.69) is 10.6 Å². The molecule has 3 aromatic rings. The molecule has 0 saturated carbocycles. The zero-order valence-corrected chi connectivity index (χ0v) is 22.1. The van der Waals surface area contributed by atoms with E-state index >= 15 is 0 Å². The highest BCUT2D eigenvalue weighted by atomic mass is 35.5. The van der Waals surface area contributed by atoms with Crippen molar-refractivity contribution >= 4 is 52.8 Å². The Balaban J connectivity index is 1.49. The highest BCUT2D eigenvalue weighted by molar-refractivity contribution is 6.39. The quantitative estimate of drug-likeness (QED) is 0.333. The lowest BCUT2D eigenvalue weighted by molar-refractivity contribution is -0.122. The lowest BCUT2D eigenvalue weighted by atomic mass is 10.0. The fourth-order valence-electron chi connectivity index (χ4n) is 3.85. The Labute approximate surface area is 225 Å². The molecule has 5 amide bonds. The van der Waals surface area contributed by atoms with E-state index in [9.17, 15) is 19.2 Å². The van der Waals surface area contributed by atoms with Gasteiger partial charge < -0.3 is 10.1 Å². The molecule has 1 saturated heterocycles. The monoisotopic (exact) mass is 531 g/mol. The molecule has 38 heavy (non-hydrogen) atoms. The molecule has 0 bridgehead atoms. The van der Waals surface area contributed by atoms with Crippen LogP contribution in [-0.2, 0) is 14.4 Å². The summed E-state index contributed by atoms with van der Waals surface area (Å²) in [5, 5.41) is 5.20. The second-order valence-corrected chi connectivity index (χ2v) is 9.48. The Kier molecular flexibility index (Phi) is 7.64. The zero-order chi connectivity index (χ0) is 27.6. The molecule has 8 nitrogen and oxygen atoms in total. The molecular weight excluding hydrogens is 506 g/mol. The average Bonchev–Trinajstić information content (AvgIpc) is 2.85. The van der Waals surface area contributed by atoms with Crippen LogP contribution < -0.4 is 20.3 Å². The van der Waals surface area contributed by atoms with Crippen molar-refractivity contribution in [1.82, 2.24) is 5.32 Å². The minimum atomic E-state index is -0.818. The molecule has 0 unspecified atom stereocenters. The zero-order valence-electron chi connectivity index (χ0n) is 21.3. The standard InChI is InChI=1S/C29H26ClN3O5/c1-16-5-6-18(3)24(11-16)31-26(34)15-38-25-10-8-20(14-23(25)30)13-22-27(35)32-29(37)33(28(22)36)21-9-7-17(2)19(4)12-21/h5-14H,15H2,1-4H3,(H,31,34)(H,32,35,37)/b22-13-. The molecule has 0 radical (unpaired) electrons. The van der Waals surface area contributed by atoms with Crippen molar-refractivity contribution in [1.29, 1.82) is 0 Å². The Morgan fingerprint density at radius 2 is 1.68 bits per heavy atom. The van der Waals surface area contributed by atoms with Crippen LogP contribution in [0.1, 0.15) is 27.8 Å². The maximum absolute atomic E-state index is 13.1. The van der Waals surface area contributed by atoms with Gasteiger partial charge in [-0.1, -0.05) is 35.9 Å². The first kappa shape index (κ1) is 26.6. The van der Waals surface area contributed by atoms with Crippen molar-refractivity contribution in [3.8, 4) is 5.75 Å². The van der Waals surface area contributed by atoms with E-state index in [0.29, 0.717) is 16.9 Å². The van der Waals surface area contributed by atoms with Gasteiger partial charge in [-0.2, -0.15) is 0 Å². The second-order valence-electron chi connectivity index (χ2n) is 9.07. The highest BCUT2D eigenvalue weighted by Crippen LogP contribution is 2.28. The first-order chi connectivity index (χ1) is 18.0. The summed E-state index contributed by atoms with van der Waals surface area (Å²) in [7, 11) is 0. The number of ether oxygens (including phenoxy) is 1. The third-order valence-electron chi connectivity index (χ3n) is 6.14. The fourth-order valence-corrected chi connectivity index (χ4v) is 4.09.